The van der Waals surface area contributed by atoms with Gasteiger partial charge < -0.3 is 4.90 Å². The highest BCUT2D eigenvalue weighted by Crippen LogP contribution is 2.36. The minimum absolute atomic E-state index is 0.220. The summed E-state index contributed by atoms with van der Waals surface area (Å²) in [6, 6.07) is 2.54. The lowest BCUT2D eigenvalue weighted by Gasteiger charge is -2.29. The monoisotopic (exact) mass is 312 g/mol. The molecule has 0 aliphatic carbocycles. The number of piperidine rings is 1. The second-order valence-electron chi connectivity index (χ2n) is 4.78. The average Bonchev–Trinajstić information content (AvgIpc) is 2.73. The Bertz CT molecular complexity index is 645. The van der Waals surface area contributed by atoms with Crippen molar-refractivity contribution in [3.05, 3.63) is 33.3 Å². The van der Waals surface area contributed by atoms with Crippen LogP contribution in [0.2, 0.25) is 10.0 Å². The zero-order valence-corrected chi connectivity index (χ0v) is 11.8. The Kier molecular flexibility index (Phi) is 3.18. The van der Waals surface area contributed by atoms with Gasteiger partial charge in [0.15, 0.2) is 0 Å². The molecule has 20 heavy (non-hydrogen) atoms. The maximum Gasteiger partial charge on any atom is 0.256 e. The highest BCUT2D eigenvalue weighted by molar-refractivity contribution is 6.37. The fourth-order valence-electron chi connectivity index (χ4n) is 2.60. The number of halogens is 2. The summed E-state index contributed by atoms with van der Waals surface area (Å²) in [5.41, 5.74) is 0.984. The maximum atomic E-state index is 12.4. The standard InChI is InChI=1S/C13H10Cl2N2O3/c14-7-1-2-8(15)11-6(7)5-17(13(11)20)9-3-4-10(18)16-12(9)19/h1-2,9H,3-5H2,(H,16,18,19). The van der Waals surface area contributed by atoms with Crippen LogP contribution >= 0.6 is 23.2 Å². The lowest BCUT2D eigenvalue weighted by Crippen LogP contribution is -2.52. The topological polar surface area (TPSA) is 66.5 Å². The summed E-state index contributed by atoms with van der Waals surface area (Å²) >= 11 is 12.1. The third-order valence-electron chi connectivity index (χ3n) is 3.59. The number of imide groups is 1. The van der Waals surface area contributed by atoms with Crippen LogP contribution in [0.4, 0.5) is 0 Å². The number of hydrogen-bond donors (Lipinski definition) is 1. The molecule has 5 nitrogen and oxygen atoms in total. The van der Waals surface area contributed by atoms with Gasteiger partial charge in [0.1, 0.15) is 6.04 Å². The summed E-state index contributed by atoms with van der Waals surface area (Å²) in [4.78, 5) is 36.9. The van der Waals surface area contributed by atoms with Crippen molar-refractivity contribution in [1.29, 1.82) is 0 Å². The van der Waals surface area contributed by atoms with Gasteiger partial charge in [-0.3, -0.25) is 19.7 Å². The lowest BCUT2D eigenvalue weighted by atomic mass is 10.0. The first-order chi connectivity index (χ1) is 9.49. The first-order valence-electron chi connectivity index (χ1n) is 6.10. The van der Waals surface area contributed by atoms with Crippen LogP contribution in [0.1, 0.15) is 28.8 Å². The van der Waals surface area contributed by atoms with E-state index in [1.54, 1.807) is 12.1 Å². The third-order valence-corrected chi connectivity index (χ3v) is 4.26. The predicted molar refractivity (Wildman–Crippen MR) is 72.5 cm³/mol. The van der Waals surface area contributed by atoms with Crippen LogP contribution in [0.3, 0.4) is 0 Å². The molecule has 1 fully saturated rings. The van der Waals surface area contributed by atoms with Crippen molar-refractivity contribution in [2.75, 3.05) is 0 Å². The normalized spacial score (nSPS) is 22.0. The molecule has 3 rings (SSSR count). The van der Waals surface area contributed by atoms with Crippen LogP contribution in [-0.4, -0.2) is 28.7 Å². The van der Waals surface area contributed by atoms with Gasteiger partial charge in [-0.15, -0.1) is 0 Å². The van der Waals surface area contributed by atoms with E-state index < -0.39 is 11.9 Å². The van der Waals surface area contributed by atoms with Gasteiger partial charge >= 0.3 is 0 Å². The van der Waals surface area contributed by atoms with Gasteiger partial charge in [-0.05, 0) is 18.6 Å². The zero-order valence-electron chi connectivity index (χ0n) is 10.3. The molecule has 0 spiro atoms. The number of nitrogens with zero attached hydrogens (tertiary/aromatic N) is 1. The van der Waals surface area contributed by atoms with Crippen LogP contribution in [0.25, 0.3) is 0 Å². The number of nitrogens with one attached hydrogen (secondary N) is 1. The Balaban J connectivity index is 1.94. The van der Waals surface area contributed by atoms with E-state index in [4.69, 9.17) is 23.2 Å². The Hall–Kier alpha value is -1.59. The molecule has 0 bridgehead atoms. The molecule has 1 aromatic rings. The number of fused-ring (bicyclic) bond motifs is 1. The van der Waals surface area contributed by atoms with Gasteiger partial charge in [-0.2, -0.15) is 0 Å². The van der Waals surface area contributed by atoms with E-state index in [1.807, 2.05) is 0 Å². The van der Waals surface area contributed by atoms with Crippen LogP contribution in [0.15, 0.2) is 12.1 Å². The Morgan fingerprint density at radius 3 is 2.50 bits per heavy atom. The van der Waals surface area contributed by atoms with Crippen molar-refractivity contribution in [2.24, 2.45) is 0 Å². The van der Waals surface area contributed by atoms with Crippen molar-refractivity contribution >= 4 is 40.9 Å². The van der Waals surface area contributed by atoms with Crippen LogP contribution in [-0.2, 0) is 16.1 Å². The van der Waals surface area contributed by atoms with E-state index in [2.05, 4.69) is 5.32 Å². The van der Waals surface area contributed by atoms with E-state index in [-0.39, 0.29) is 24.8 Å². The van der Waals surface area contributed by atoms with Crippen molar-refractivity contribution < 1.29 is 14.4 Å². The number of amides is 3. The Labute approximate surface area is 124 Å². The zero-order chi connectivity index (χ0) is 14.4. The quantitative estimate of drug-likeness (QED) is 0.803. The molecular formula is C13H10Cl2N2O3. The van der Waals surface area contributed by atoms with Crippen LogP contribution in [0, 0.1) is 0 Å². The molecular weight excluding hydrogens is 303 g/mol. The minimum atomic E-state index is -0.653. The Morgan fingerprint density at radius 2 is 1.85 bits per heavy atom. The molecule has 1 aromatic carbocycles. The SMILES string of the molecule is O=C1CCC(N2Cc3c(Cl)ccc(Cl)c3C2=O)C(=O)N1. The number of rotatable bonds is 1. The van der Waals surface area contributed by atoms with E-state index in [0.29, 0.717) is 27.6 Å². The summed E-state index contributed by atoms with van der Waals surface area (Å²) in [7, 11) is 0. The Morgan fingerprint density at radius 1 is 1.15 bits per heavy atom. The number of carbonyl (C=O) groups is 3. The van der Waals surface area contributed by atoms with Crippen LogP contribution in [0.5, 0.6) is 0 Å². The van der Waals surface area contributed by atoms with Gasteiger partial charge in [-0.1, -0.05) is 23.2 Å². The summed E-state index contributed by atoms with van der Waals surface area (Å²) in [6.07, 6.45) is 0.539. The number of benzene rings is 1. The fourth-order valence-corrected chi connectivity index (χ4v) is 3.07. The second-order valence-corrected chi connectivity index (χ2v) is 5.60. The highest BCUT2D eigenvalue weighted by atomic mass is 35.5. The summed E-state index contributed by atoms with van der Waals surface area (Å²) in [6.45, 7) is 0.236. The first-order valence-corrected chi connectivity index (χ1v) is 6.86. The average molecular weight is 313 g/mol. The fraction of sp³-hybridized carbons (Fsp3) is 0.308. The summed E-state index contributed by atoms with van der Waals surface area (Å²) < 4.78 is 0. The molecule has 104 valence electrons. The molecule has 0 aromatic heterocycles. The van der Waals surface area contributed by atoms with Crippen molar-refractivity contribution in [1.82, 2.24) is 10.2 Å². The molecule has 0 saturated carbocycles. The van der Waals surface area contributed by atoms with E-state index in [0.717, 1.165) is 0 Å². The second kappa shape index (κ2) is 4.75. The molecule has 2 heterocycles. The third kappa shape index (κ3) is 1.98. The maximum absolute atomic E-state index is 12.4. The molecule has 2 aliphatic heterocycles. The molecule has 1 saturated heterocycles. The molecule has 7 heteroatoms. The number of carbonyl (C=O) groups excluding carboxylic acids is 3. The molecule has 1 atom stereocenters. The van der Waals surface area contributed by atoms with E-state index in [9.17, 15) is 14.4 Å². The lowest BCUT2D eigenvalue weighted by molar-refractivity contribution is -0.136. The molecule has 2 aliphatic rings. The van der Waals surface area contributed by atoms with Crippen LogP contribution < -0.4 is 5.32 Å². The molecule has 3 amide bonds. The summed E-state index contributed by atoms with van der Waals surface area (Å²) in [5.74, 6) is -1.08. The van der Waals surface area contributed by atoms with Gasteiger partial charge in [-0.25, -0.2) is 0 Å². The molecule has 1 unspecified atom stereocenters. The number of hydrogen-bond acceptors (Lipinski definition) is 3. The van der Waals surface area contributed by atoms with Gasteiger partial charge in [0.25, 0.3) is 5.91 Å². The van der Waals surface area contributed by atoms with Gasteiger partial charge in [0, 0.05) is 23.6 Å². The minimum Gasteiger partial charge on any atom is -0.322 e. The van der Waals surface area contributed by atoms with E-state index in [1.165, 1.54) is 4.90 Å². The largest absolute Gasteiger partial charge is 0.322 e. The molecule has 0 radical (unpaired) electrons. The predicted octanol–water partition coefficient (Wildman–Crippen LogP) is 1.75. The van der Waals surface area contributed by atoms with Gasteiger partial charge in [0.2, 0.25) is 11.8 Å². The van der Waals surface area contributed by atoms with Crippen molar-refractivity contribution in [2.45, 2.75) is 25.4 Å². The summed E-state index contributed by atoms with van der Waals surface area (Å²) in [5, 5.41) is 3.02. The molecule has 1 N–H and O–H groups in total. The van der Waals surface area contributed by atoms with Gasteiger partial charge in [0.05, 0.1) is 10.6 Å². The van der Waals surface area contributed by atoms with Crippen molar-refractivity contribution in [3.8, 4) is 0 Å². The smallest absolute Gasteiger partial charge is 0.256 e. The van der Waals surface area contributed by atoms with Crippen molar-refractivity contribution in [3.63, 3.8) is 0 Å². The highest BCUT2D eigenvalue weighted by Gasteiger charge is 2.40. The van der Waals surface area contributed by atoms with E-state index >= 15 is 0 Å². The first kappa shape index (κ1) is 13.4.